The van der Waals surface area contributed by atoms with Crippen molar-refractivity contribution in [2.45, 2.75) is 13.5 Å². The minimum atomic E-state index is -0.0281. The van der Waals surface area contributed by atoms with Crippen molar-refractivity contribution in [3.63, 3.8) is 0 Å². The molecule has 1 amide bonds. The third-order valence-electron chi connectivity index (χ3n) is 2.44. The number of aryl methyl sites for hydroxylation is 1. The van der Waals surface area contributed by atoms with Crippen LogP contribution < -0.4 is 0 Å². The molecule has 88 valence electrons. The summed E-state index contributed by atoms with van der Waals surface area (Å²) in [5, 5.41) is 3.79. The number of carbonyl (C=O) groups excluding carboxylic acids is 1. The fraction of sp³-hybridized carbons (Fsp3) is 0.231. The molecule has 4 nitrogen and oxygen atoms in total. The number of aromatic nitrogens is 1. The maximum Gasteiger partial charge on any atom is 0.254 e. The first-order chi connectivity index (χ1) is 8.16. The molecule has 0 atom stereocenters. The van der Waals surface area contributed by atoms with Crippen molar-refractivity contribution in [3.05, 3.63) is 53.4 Å². The van der Waals surface area contributed by atoms with E-state index in [1.165, 1.54) is 0 Å². The summed E-state index contributed by atoms with van der Waals surface area (Å²) in [6.45, 7) is 2.28. The minimum Gasteiger partial charge on any atom is -0.359 e. The van der Waals surface area contributed by atoms with Gasteiger partial charge < -0.3 is 9.42 Å². The summed E-state index contributed by atoms with van der Waals surface area (Å²) in [7, 11) is 1.74. The Labute approximate surface area is 99.8 Å². The number of rotatable bonds is 3. The van der Waals surface area contributed by atoms with Crippen LogP contribution in [0.15, 0.2) is 40.9 Å². The highest BCUT2D eigenvalue weighted by atomic mass is 16.5. The second kappa shape index (κ2) is 4.82. The van der Waals surface area contributed by atoms with Gasteiger partial charge in [-0.05, 0) is 19.1 Å². The second-order valence-corrected chi connectivity index (χ2v) is 3.96. The van der Waals surface area contributed by atoms with E-state index in [9.17, 15) is 4.79 Å². The van der Waals surface area contributed by atoms with E-state index in [2.05, 4.69) is 5.16 Å². The van der Waals surface area contributed by atoms with E-state index in [1.54, 1.807) is 24.1 Å². The molecule has 17 heavy (non-hydrogen) atoms. The highest BCUT2D eigenvalue weighted by Crippen LogP contribution is 2.09. The number of amides is 1. The van der Waals surface area contributed by atoms with E-state index >= 15 is 0 Å². The van der Waals surface area contributed by atoms with Crippen LogP contribution in [0, 0.1) is 6.92 Å². The number of carbonyl (C=O) groups is 1. The fourth-order valence-electron chi connectivity index (χ4n) is 1.60. The van der Waals surface area contributed by atoms with Gasteiger partial charge in [-0.2, -0.15) is 0 Å². The van der Waals surface area contributed by atoms with Gasteiger partial charge in [0.1, 0.15) is 0 Å². The Morgan fingerprint density at radius 1 is 1.35 bits per heavy atom. The van der Waals surface area contributed by atoms with E-state index in [-0.39, 0.29) is 5.91 Å². The first-order valence-corrected chi connectivity index (χ1v) is 5.39. The number of hydrogen-bond donors (Lipinski definition) is 0. The Hall–Kier alpha value is -2.10. The van der Waals surface area contributed by atoms with E-state index in [4.69, 9.17) is 4.52 Å². The highest BCUT2D eigenvalue weighted by Gasteiger charge is 2.13. The molecule has 0 fully saturated rings. The van der Waals surface area contributed by atoms with E-state index in [0.717, 1.165) is 5.69 Å². The van der Waals surface area contributed by atoms with Crippen LogP contribution in [0.4, 0.5) is 0 Å². The maximum absolute atomic E-state index is 12.0. The summed E-state index contributed by atoms with van der Waals surface area (Å²) in [6, 6.07) is 11.0. The van der Waals surface area contributed by atoms with Gasteiger partial charge in [-0.15, -0.1) is 0 Å². The average molecular weight is 230 g/mol. The first-order valence-electron chi connectivity index (χ1n) is 5.39. The normalized spacial score (nSPS) is 10.2. The van der Waals surface area contributed by atoms with Gasteiger partial charge in [0.25, 0.3) is 5.91 Å². The lowest BCUT2D eigenvalue weighted by atomic mass is 10.2. The summed E-state index contributed by atoms with van der Waals surface area (Å²) >= 11 is 0. The van der Waals surface area contributed by atoms with Gasteiger partial charge in [0.05, 0.1) is 12.2 Å². The summed E-state index contributed by atoms with van der Waals surface area (Å²) in [4.78, 5) is 13.6. The van der Waals surface area contributed by atoms with E-state index in [1.807, 2.05) is 31.2 Å². The number of hydrogen-bond acceptors (Lipinski definition) is 3. The molecular weight excluding hydrogens is 216 g/mol. The Balaban J connectivity index is 2.06. The molecular formula is C13H14N2O2. The van der Waals surface area contributed by atoms with Crippen molar-refractivity contribution in [2.75, 3.05) is 7.05 Å². The van der Waals surface area contributed by atoms with Crippen molar-refractivity contribution in [1.29, 1.82) is 0 Å². The van der Waals surface area contributed by atoms with Crippen LogP contribution in [0.2, 0.25) is 0 Å². The van der Waals surface area contributed by atoms with E-state index in [0.29, 0.717) is 17.9 Å². The van der Waals surface area contributed by atoms with Crippen molar-refractivity contribution in [3.8, 4) is 0 Å². The molecule has 1 aromatic carbocycles. The summed E-state index contributed by atoms with van der Waals surface area (Å²) in [6.07, 6.45) is 0. The lowest BCUT2D eigenvalue weighted by Crippen LogP contribution is -2.25. The smallest absolute Gasteiger partial charge is 0.254 e. The predicted octanol–water partition coefficient (Wildman–Crippen LogP) is 2.26. The molecule has 0 unspecified atom stereocenters. The topological polar surface area (TPSA) is 46.3 Å². The Morgan fingerprint density at radius 2 is 2.06 bits per heavy atom. The zero-order valence-electron chi connectivity index (χ0n) is 9.88. The zero-order chi connectivity index (χ0) is 12.3. The average Bonchev–Trinajstić information content (AvgIpc) is 2.75. The monoisotopic (exact) mass is 230 g/mol. The maximum atomic E-state index is 12.0. The zero-order valence-corrected chi connectivity index (χ0v) is 9.88. The summed E-state index contributed by atoms with van der Waals surface area (Å²) in [5.74, 6) is 0.661. The molecule has 0 radical (unpaired) electrons. The minimum absolute atomic E-state index is 0.0281. The van der Waals surface area contributed by atoms with Gasteiger partial charge in [-0.25, -0.2) is 0 Å². The van der Waals surface area contributed by atoms with Crippen LogP contribution in [0.1, 0.15) is 21.8 Å². The molecule has 1 aromatic heterocycles. The molecule has 1 heterocycles. The van der Waals surface area contributed by atoms with E-state index < -0.39 is 0 Å². The fourth-order valence-corrected chi connectivity index (χ4v) is 1.60. The molecule has 0 aliphatic rings. The first kappa shape index (κ1) is 11.4. The van der Waals surface area contributed by atoms with Crippen molar-refractivity contribution in [2.24, 2.45) is 0 Å². The van der Waals surface area contributed by atoms with Gasteiger partial charge in [0.15, 0.2) is 5.76 Å². The van der Waals surface area contributed by atoms with Gasteiger partial charge in [-0.3, -0.25) is 4.79 Å². The third-order valence-corrected chi connectivity index (χ3v) is 2.44. The Kier molecular flexibility index (Phi) is 3.23. The second-order valence-electron chi connectivity index (χ2n) is 3.96. The molecule has 4 heteroatoms. The molecule has 0 saturated heterocycles. The number of benzene rings is 1. The Morgan fingerprint density at radius 3 is 2.65 bits per heavy atom. The van der Waals surface area contributed by atoms with Gasteiger partial charge >= 0.3 is 0 Å². The SMILES string of the molecule is Cc1cc(CN(C)C(=O)c2ccccc2)on1. The third kappa shape index (κ3) is 2.72. The van der Waals surface area contributed by atoms with Crippen LogP contribution in [0.25, 0.3) is 0 Å². The molecule has 0 spiro atoms. The predicted molar refractivity (Wildman–Crippen MR) is 63.5 cm³/mol. The summed E-state index contributed by atoms with van der Waals surface area (Å²) in [5.41, 5.74) is 1.49. The molecule has 0 saturated carbocycles. The largest absolute Gasteiger partial charge is 0.359 e. The van der Waals surface area contributed by atoms with Crippen molar-refractivity contribution in [1.82, 2.24) is 10.1 Å². The van der Waals surface area contributed by atoms with Crippen LogP contribution in [-0.2, 0) is 6.54 Å². The molecule has 0 aliphatic carbocycles. The lowest BCUT2D eigenvalue weighted by Gasteiger charge is -2.15. The van der Waals surface area contributed by atoms with Gasteiger partial charge in [-0.1, -0.05) is 23.4 Å². The quantitative estimate of drug-likeness (QED) is 0.812. The van der Waals surface area contributed by atoms with Crippen LogP contribution in [-0.4, -0.2) is 23.0 Å². The van der Waals surface area contributed by atoms with Gasteiger partial charge in [0, 0.05) is 18.7 Å². The van der Waals surface area contributed by atoms with Crippen LogP contribution in [0.5, 0.6) is 0 Å². The molecule has 2 rings (SSSR count). The molecule has 2 aromatic rings. The lowest BCUT2D eigenvalue weighted by molar-refractivity contribution is 0.0772. The molecule has 0 bridgehead atoms. The highest BCUT2D eigenvalue weighted by molar-refractivity contribution is 5.93. The summed E-state index contributed by atoms with van der Waals surface area (Å²) < 4.78 is 5.08. The van der Waals surface area contributed by atoms with Crippen LogP contribution in [0.3, 0.4) is 0 Å². The molecule has 0 N–H and O–H groups in total. The molecule has 0 aliphatic heterocycles. The Bertz CT molecular complexity index is 505. The van der Waals surface area contributed by atoms with Crippen molar-refractivity contribution >= 4 is 5.91 Å². The van der Waals surface area contributed by atoms with Crippen molar-refractivity contribution < 1.29 is 9.32 Å². The standard InChI is InChI=1S/C13H14N2O2/c1-10-8-12(17-14-10)9-15(2)13(16)11-6-4-3-5-7-11/h3-8H,9H2,1-2H3. The van der Waals surface area contributed by atoms with Gasteiger partial charge in [0.2, 0.25) is 0 Å². The number of nitrogens with zero attached hydrogens (tertiary/aromatic N) is 2. The van der Waals surface area contributed by atoms with Crippen LogP contribution >= 0.6 is 0 Å².